The Labute approximate surface area is 109 Å². The molecule has 0 aromatic heterocycles. The smallest absolute Gasteiger partial charge is 0.220 e. The fraction of sp³-hybridized carbons (Fsp3) is 0.786. The van der Waals surface area contributed by atoms with Crippen LogP contribution in [-0.2, 0) is 9.53 Å². The summed E-state index contributed by atoms with van der Waals surface area (Å²) in [5, 5.41) is 6.26. The van der Waals surface area contributed by atoms with E-state index >= 15 is 0 Å². The topological polar surface area (TPSA) is 50.4 Å². The average molecular weight is 252 g/mol. The van der Waals surface area contributed by atoms with Crippen molar-refractivity contribution in [2.45, 2.75) is 51.2 Å². The second-order valence-electron chi connectivity index (χ2n) is 5.28. The molecule has 0 saturated carbocycles. The van der Waals surface area contributed by atoms with E-state index in [1.54, 1.807) is 0 Å². The van der Waals surface area contributed by atoms with Crippen LogP contribution in [0.5, 0.6) is 0 Å². The quantitative estimate of drug-likeness (QED) is 0.727. The first-order valence-corrected chi connectivity index (χ1v) is 7.05. The van der Waals surface area contributed by atoms with Crippen LogP contribution in [0.3, 0.4) is 0 Å². The molecule has 2 heterocycles. The normalized spacial score (nSPS) is 27.9. The highest BCUT2D eigenvalue weighted by molar-refractivity contribution is 5.76. The number of rotatable bonds is 5. The zero-order valence-electron chi connectivity index (χ0n) is 11.2. The second kappa shape index (κ2) is 6.90. The number of nitrogens with one attached hydrogen (secondary N) is 2. The van der Waals surface area contributed by atoms with Gasteiger partial charge in [-0.2, -0.15) is 0 Å². The molecule has 4 nitrogen and oxygen atoms in total. The van der Waals surface area contributed by atoms with Crippen molar-refractivity contribution in [2.75, 3.05) is 19.6 Å². The fourth-order valence-corrected chi connectivity index (χ4v) is 2.52. The predicted molar refractivity (Wildman–Crippen MR) is 71.4 cm³/mol. The van der Waals surface area contributed by atoms with E-state index in [0.717, 1.165) is 38.8 Å². The Morgan fingerprint density at radius 3 is 3.11 bits per heavy atom. The lowest BCUT2D eigenvalue weighted by Crippen LogP contribution is -2.30. The van der Waals surface area contributed by atoms with Gasteiger partial charge in [0.15, 0.2) is 0 Å². The standard InChI is InChI=1S/C14H24N2O2/c1-11-2-3-13(18-11)4-5-14(17)16-10-12-6-8-15-9-7-12/h6,11,13,15H,2-5,7-10H2,1H3,(H,16,17). The van der Waals surface area contributed by atoms with Gasteiger partial charge in [0, 0.05) is 19.5 Å². The molecule has 0 aliphatic carbocycles. The maximum Gasteiger partial charge on any atom is 0.220 e. The molecule has 0 bridgehead atoms. The summed E-state index contributed by atoms with van der Waals surface area (Å²) in [4.78, 5) is 11.7. The lowest BCUT2D eigenvalue weighted by atomic mass is 10.1. The highest BCUT2D eigenvalue weighted by atomic mass is 16.5. The molecule has 1 saturated heterocycles. The number of hydrogen-bond acceptors (Lipinski definition) is 3. The number of hydrogen-bond donors (Lipinski definition) is 2. The van der Waals surface area contributed by atoms with Crippen LogP contribution < -0.4 is 10.6 Å². The van der Waals surface area contributed by atoms with E-state index in [9.17, 15) is 4.79 Å². The molecule has 2 aliphatic heterocycles. The van der Waals surface area contributed by atoms with E-state index in [1.807, 2.05) is 0 Å². The van der Waals surface area contributed by atoms with Crippen LogP contribution in [0.2, 0.25) is 0 Å². The summed E-state index contributed by atoms with van der Waals surface area (Å²) in [5.41, 5.74) is 1.34. The number of carbonyl (C=O) groups is 1. The lowest BCUT2D eigenvalue weighted by molar-refractivity contribution is -0.121. The maximum atomic E-state index is 11.7. The molecule has 0 radical (unpaired) electrons. The molecule has 0 spiro atoms. The molecule has 2 N–H and O–H groups in total. The molecule has 2 aliphatic rings. The van der Waals surface area contributed by atoms with Gasteiger partial charge in [-0.1, -0.05) is 11.6 Å². The second-order valence-corrected chi connectivity index (χ2v) is 5.28. The van der Waals surface area contributed by atoms with Gasteiger partial charge in [0.25, 0.3) is 0 Å². The van der Waals surface area contributed by atoms with Crippen LogP contribution in [0, 0.1) is 0 Å². The van der Waals surface area contributed by atoms with E-state index in [-0.39, 0.29) is 5.91 Å². The molecule has 1 amide bonds. The van der Waals surface area contributed by atoms with Crippen molar-refractivity contribution in [1.29, 1.82) is 0 Å². The third kappa shape index (κ3) is 4.42. The van der Waals surface area contributed by atoms with Crippen molar-refractivity contribution in [3.8, 4) is 0 Å². The van der Waals surface area contributed by atoms with Crippen LogP contribution >= 0.6 is 0 Å². The Bertz CT molecular complexity index is 315. The van der Waals surface area contributed by atoms with E-state index in [1.165, 1.54) is 5.57 Å². The summed E-state index contributed by atoms with van der Waals surface area (Å²) >= 11 is 0. The monoisotopic (exact) mass is 252 g/mol. The van der Waals surface area contributed by atoms with Crippen molar-refractivity contribution in [2.24, 2.45) is 0 Å². The average Bonchev–Trinajstić information content (AvgIpc) is 2.81. The van der Waals surface area contributed by atoms with Gasteiger partial charge >= 0.3 is 0 Å². The highest BCUT2D eigenvalue weighted by Crippen LogP contribution is 2.22. The third-order valence-corrected chi connectivity index (χ3v) is 3.68. The van der Waals surface area contributed by atoms with Crippen molar-refractivity contribution in [3.63, 3.8) is 0 Å². The first-order valence-electron chi connectivity index (χ1n) is 7.05. The third-order valence-electron chi connectivity index (χ3n) is 3.68. The first kappa shape index (κ1) is 13.6. The summed E-state index contributed by atoms with van der Waals surface area (Å²) in [6.45, 7) is 4.76. The largest absolute Gasteiger partial charge is 0.375 e. The van der Waals surface area contributed by atoms with Gasteiger partial charge in [-0.3, -0.25) is 4.79 Å². The zero-order valence-corrected chi connectivity index (χ0v) is 11.2. The van der Waals surface area contributed by atoms with Crippen LogP contribution in [-0.4, -0.2) is 37.7 Å². The van der Waals surface area contributed by atoms with Crippen LogP contribution in [0.15, 0.2) is 11.6 Å². The minimum absolute atomic E-state index is 0.151. The Hall–Kier alpha value is -0.870. The molecular weight excluding hydrogens is 228 g/mol. The van der Waals surface area contributed by atoms with Crippen molar-refractivity contribution in [3.05, 3.63) is 11.6 Å². The summed E-state index contributed by atoms with van der Waals surface area (Å²) in [6, 6.07) is 0. The van der Waals surface area contributed by atoms with Gasteiger partial charge in [-0.05, 0) is 39.2 Å². The fourth-order valence-electron chi connectivity index (χ4n) is 2.52. The molecule has 4 heteroatoms. The first-order chi connectivity index (χ1) is 8.74. The lowest BCUT2D eigenvalue weighted by Gasteiger charge is -2.15. The summed E-state index contributed by atoms with van der Waals surface area (Å²) in [6.07, 6.45) is 7.56. The van der Waals surface area contributed by atoms with Crippen molar-refractivity contribution in [1.82, 2.24) is 10.6 Å². The van der Waals surface area contributed by atoms with Gasteiger partial charge in [0.2, 0.25) is 5.91 Å². The Balaban J connectivity index is 1.59. The Morgan fingerprint density at radius 1 is 1.56 bits per heavy atom. The van der Waals surface area contributed by atoms with E-state index in [4.69, 9.17) is 4.74 Å². The van der Waals surface area contributed by atoms with Gasteiger partial charge in [-0.25, -0.2) is 0 Å². The van der Waals surface area contributed by atoms with Crippen LogP contribution in [0.1, 0.15) is 39.0 Å². The minimum Gasteiger partial charge on any atom is -0.375 e. The Kier molecular flexibility index (Phi) is 5.20. The van der Waals surface area contributed by atoms with E-state index < -0.39 is 0 Å². The molecule has 2 atom stereocenters. The van der Waals surface area contributed by atoms with Crippen LogP contribution in [0.4, 0.5) is 0 Å². The van der Waals surface area contributed by atoms with E-state index in [0.29, 0.717) is 25.2 Å². The van der Waals surface area contributed by atoms with Crippen molar-refractivity contribution < 1.29 is 9.53 Å². The van der Waals surface area contributed by atoms with Crippen LogP contribution in [0.25, 0.3) is 0 Å². The number of amides is 1. The SMILES string of the molecule is CC1CCC(CCC(=O)NCC2=CCNCC2)O1. The zero-order chi connectivity index (χ0) is 12.8. The molecule has 1 fully saturated rings. The number of carbonyl (C=O) groups excluding carboxylic acids is 1. The van der Waals surface area contributed by atoms with Crippen molar-refractivity contribution >= 4 is 5.91 Å². The molecular formula is C14H24N2O2. The highest BCUT2D eigenvalue weighted by Gasteiger charge is 2.22. The van der Waals surface area contributed by atoms with Gasteiger partial charge < -0.3 is 15.4 Å². The number of ether oxygens (including phenoxy) is 1. The summed E-state index contributed by atoms with van der Waals surface area (Å²) in [7, 11) is 0. The van der Waals surface area contributed by atoms with Gasteiger partial charge in [0.1, 0.15) is 0 Å². The summed E-state index contributed by atoms with van der Waals surface area (Å²) < 4.78 is 5.71. The van der Waals surface area contributed by atoms with Gasteiger partial charge in [-0.15, -0.1) is 0 Å². The Morgan fingerprint density at radius 2 is 2.44 bits per heavy atom. The molecule has 102 valence electrons. The minimum atomic E-state index is 0.151. The van der Waals surface area contributed by atoms with E-state index in [2.05, 4.69) is 23.6 Å². The molecule has 0 aromatic carbocycles. The summed E-state index contributed by atoms with van der Waals surface area (Å²) in [5.74, 6) is 0.151. The maximum absolute atomic E-state index is 11.7. The van der Waals surface area contributed by atoms with Gasteiger partial charge in [0.05, 0.1) is 12.2 Å². The molecule has 0 aromatic rings. The molecule has 18 heavy (non-hydrogen) atoms. The molecule has 2 unspecified atom stereocenters. The predicted octanol–water partition coefficient (Wildman–Crippen LogP) is 1.37. The molecule has 2 rings (SSSR count).